The van der Waals surface area contributed by atoms with Gasteiger partial charge in [-0.3, -0.25) is 4.79 Å². The molecule has 0 saturated heterocycles. The van der Waals surface area contributed by atoms with Gasteiger partial charge in [-0.15, -0.1) is 0 Å². The third-order valence-corrected chi connectivity index (χ3v) is 4.32. The van der Waals surface area contributed by atoms with Gasteiger partial charge in [-0.25, -0.2) is 0 Å². The van der Waals surface area contributed by atoms with Crippen LogP contribution in [0.1, 0.15) is 5.56 Å². The number of hydrogen-bond acceptors (Lipinski definition) is 3. The number of amides is 1. The lowest BCUT2D eigenvalue weighted by molar-refractivity contribution is -0.112. The van der Waals surface area contributed by atoms with E-state index >= 15 is 0 Å². The summed E-state index contributed by atoms with van der Waals surface area (Å²) in [5, 5.41) is 15.5. The van der Waals surface area contributed by atoms with Gasteiger partial charge in [-0.1, -0.05) is 23.2 Å². The summed E-state index contributed by atoms with van der Waals surface area (Å²) in [6, 6.07) is 12.4. The van der Waals surface area contributed by atoms with Gasteiger partial charge in [0.05, 0.1) is 10.7 Å². The van der Waals surface area contributed by atoms with Gasteiger partial charge >= 0.3 is 0 Å². The lowest BCUT2D eigenvalue weighted by atomic mass is 10.2. The number of rotatable bonds is 4. The van der Waals surface area contributed by atoms with E-state index < -0.39 is 5.91 Å². The Balaban J connectivity index is 2.15. The number of carbonyl (C=O) groups excluding carboxylic acids is 1. The van der Waals surface area contributed by atoms with Crippen LogP contribution in [0.2, 0.25) is 10.0 Å². The molecule has 2 aromatic rings. The van der Waals surface area contributed by atoms with Crippen LogP contribution >= 0.6 is 45.8 Å². The fraction of sp³-hybridized carbons (Fsp3) is 0.0588. The largest absolute Gasteiger partial charge is 0.360 e. The van der Waals surface area contributed by atoms with E-state index in [0.717, 1.165) is 14.8 Å². The molecule has 0 aliphatic heterocycles. The number of nitrogens with one attached hydrogen (secondary N) is 2. The molecular weight excluding hydrogens is 460 g/mol. The Hall–Kier alpha value is -1.75. The number of aryl methyl sites for hydroxylation is 1. The van der Waals surface area contributed by atoms with Crippen molar-refractivity contribution >= 4 is 63.1 Å². The molecule has 0 bridgehead atoms. The van der Waals surface area contributed by atoms with Crippen LogP contribution in [0.4, 0.5) is 11.4 Å². The molecule has 2 rings (SSSR count). The minimum Gasteiger partial charge on any atom is -0.360 e. The van der Waals surface area contributed by atoms with Gasteiger partial charge in [-0.2, -0.15) is 5.26 Å². The first kappa shape index (κ1) is 18.6. The van der Waals surface area contributed by atoms with Gasteiger partial charge in [0.1, 0.15) is 11.6 Å². The van der Waals surface area contributed by atoms with Crippen molar-refractivity contribution < 1.29 is 4.79 Å². The molecule has 0 heterocycles. The van der Waals surface area contributed by atoms with Crippen molar-refractivity contribution in [3.63, 3.8) is 0 Å². The zero-order chi connectivity index (χ0) is 17.7. The molecule has 0 saturated carbocycles. The molecule has 0 aliphatic carbocycles. The highest BCUT2D eigenvalue weighted by molar-refractivity contribution is 14.1. The summed E-state index contributed by atoms with van der Waals surface area (Å²) in [6.07, 6.45) is 1.37. The quantitative estimate of drug-likeness (QED) is 0.358. The second-order valence-electron chi connectivity index (χ2n) is 4.85. The lowest BCUT2D eigenvalue weighted by Crippen LogP contribution is -2.15. The molecule has 0 aromatic heterocycles. The molecule has 0 fully saturated rings. The van der Waals surface area contributed by atoms with E-state index in [1.165, 1.54) is 12.3 Å². The first-order chi connectivity index (χ1) is 11.4. The molecule has 24 heavy (non-hydrogen) atoms. The Labute approximate surface area is 163 Å². The second kappa shape index (κ2) is 8.38. The Morgan fingerprint density at radius 1 is 1.21 bits per heavy atom. The maximum absolute atomic E-state index is 12.2. The van der Waals surface area contributed by atoms with Crippen LogP contribution in [0.3, 0.4) is 0 Å². The van der Waals surface area contributed by atoms with E-state index in [0.29, 0.717) is 15.7 Å². The molecule has 7 heteroatoms. The fourth-order valence-corrected chi connectivity index (χ4v) is 2.97. The molecule has 4 nitrogen and oxygen atoms in total. The van der Waals surface area contributed by atoms with Gasteiger partial charge < -0.3 is 10.6 Å². The number of benzene rings is 2. The zero-order valence-corrected chi connectivity index (χ0v) is 16.2. The van der Waals surface area contributed by atoms with Crippen LogP contribution in [0, 0.1) is 21.8 Å². The van der Waals surface area contributed by atoms with Crippen LogP contribution in [0.15, 0.2) is 48.2 Å². The van der Waals surface area contributed by atoms with Crippen LogP contribution in [-0.4, -0.2) is 5.91 Å². The Morgan fingerprint density at radius 3 is 2.54 bits per heavy atom. The van der Waals surface area contributed by atoms with Crippen molar-refractivity contribution in [2.45, 2.75) is 6.92 Å². The predicted octanol–water partition coefficient (Wildman–Crippen LogP) is 5.36. The Bertz CT molecular complexity index is 859. The van der Waals surface area contributed by atoms with Crippen LogP contribution in [0.25, 0.3) is 0 Å². The van der Waals surface area contributed by atoms with E-state index in [1.807, 2.05) is 31.2 Å². The van der Waals surface area contributed by atoms with Gasteiger partial charge in [-0.05, 0) is 71.5 Å². The summed E-state index contributed by atoms with van der Waals surface area (Å²) in [5.41, 5.74) is 2.15. The first-order valence-corrected chi connectivity index (χ1v) is 8.63. The van der Waals surface area contributed by atoms with Crippen molar-refractivity contribution in [3.05, 3.63) is 67.4 Å². The van der Waals surface area contributed by atoms with Crippen molar-refractivity contribution in [1.82, 2.24) is 0 Å². The summed E-state index contributed by atoms with van der Waals surface area (Å²) in [6.45, 7) is 1.94. The normalized spacial score (nSPS) is 10.9. The summed E-state index contributed by atoms with van der Waals surface area (Å²) < 4.78 is 1.11. The minimum absolute atomic E-state index is 0.0704. The third-order valence-electron chi connectivity index (χ3n) is 3.10. The number of halogens is 3. The topological polar surface area (TPSA) is 64.9 Å². The molecule has 0 spiro atoms. The number of carbonyl (C=O) groups is 1. The van der Waals surface area contributed by atoms with Crippen LogP contribution < -0.4 is 10.6 Å². The van der Waals surface area contributed by atoms with E-state index in [4.69, 9.17) is 23.2 Å². The summed E-state index contributed by atoms with van der Waals surface area (Å²) in [4.78, 5) is 12.2. The lowest BCUT2D eigenvalue weighted by Gasteiger charge is -2.08. The highest BCUT2D eigenvalue weighted by atomic mass is 127. The van der Waals surface area contributed by atoms with Gasteiger partial charge in [0, 0.05) is 20.5 Å². The minimum atomic E-state index is -0.558. The first-order valence-electron chi connectivity index (χ1n) is 6.80. The van der Waals surface area contributed by atoms with E-state index in [1.54, 1.807) is 12.1 Å². The maximum atomic E-state index is 12.2. The number of hydrogen-bond donors (Lipinski definition) is 2. The molecule has 0 aliphatic rings. The molecule has 0 radical (unpaired) electrons. The molecule has 122 valence electrons. The van der Waals surface area contributed by atoms with Gasteiger partial charge in [0.25, 0.3) is 5.91 Å². The Morgan fingerprint density at radius 2 is 1.92 bits per heavy atom. The maximum Gasteiger partial charge on any atom is 0.267 e. The van der Waals surface area contributed by atoms with Crippen LogP contribution in [-0.2, 0) is 4.79 Å². The summed E-state index contributed by atoms with van der Waals surface area (Å²) in [5.74, 6) is -0.558. The summed E-state index contributed by atoms with van der Waals surface area (Å²) in [7, 11) is 0. The number of nitriles is 1. The SMILES string of the molecule is Cc1cc(I)ccc1N/C=C(/C#N)C(=O)Nc1ccc(Cl)cc1Cl. The molecule has 1 amide bonds. The van der Waals surface area contributed by atoms with E-state index in [-0.39, 0.29) is 5.57 Å². The average molecular weight is 472 g/mol. The number of anilines is 2. The second-order valence-corrected chi connectivity index (χ2v) is 6.94. The van der Waals surface area contributed by atoms with E-state index in [2.05, 4.69) is 33.2 Å². The fourth-order valence-electron chi connectivity index (χ4n) is 1.87. The standard InChI is InChI=1S/C17H12Cl2IN3O/c1-10-6-13(20)3-5-15(10)22-9-11(8-21)17(24)23-16-4-2-12(18)7-14(16)19/h2-7,9,22H,1H3,(H,23,24)/b11-9-. The molecule has 0 atom stereocenters. The van der Waals surface area contributed by atoms with Crippen molar-refractivity contribution in [2.75, 3.05) is 10.6 Å². The Kier molecular flexibility index (Phi) is 6.49. The highest BCUT2D eigenvalue weighted by Crippen LogP contribution is 2.25. The van der Waals surface area contributed by atoms with Crippen molar-refractivity contribution in [2.24, 2.45) is 0 Å². The third kappa shape index (κ3) is 4.87. The molecule has 2 aromatic carbocycles. The van der Waals surface area contributed by atoms with E-state index in [9.17, 15) is 10.1 Å². The van der Waals surface area contributed by atoms with Gasteiger partial charge in [0.15, 0.2) is 0 Å². The zero-order valence-electron chi connectivity index (χ0n) is 12.5. The van der Waals surface area contributed by atoms with Crippen molar-refractivity contribution in [1.29, 1.82) is 5.26 Å². The van der Waals surface area contributed by atoms with Crippen molar-refractivity contribution in [3.8, 4) is 6.07 Å². The molecule has 0 unspecified atom stereocenters. The monoisotopic (exact) mass is 471 g/mol. The molecular formula is C17H12Cl2IN3O. The predicted molar refractivity (Wildman–Crippen MR) is 106 cm³/mol. The van der Waals surface area contributed by atoms with Gasteiger partial charge in [0.2, 0.25) is 0 Å². The average Bonchev–Trinajstić information content (AvgIpc) is 2.52. The summed E-state index contributed by atoms with van der Waals surface area (Å²) >= 11 is 14.0. The molecule has 2 N–H and O–H groups in total. The smallest absolute Gasteiger partial charge is 0.267 e. The van der Waals surface area contributed by atoms with Crippen LogP contribution in [0.5, 0.6) is 0 Å². The number of nitrogens with zero attached hydrogens (tertiary/aromatic N) is 1. The highest BCUT2D eigenvalue weighted by Gasteiger charge is 2.11.